The van der Waals surface area contributed by atoms with Crippen molar-refractivity contribution in [3.8, 4) is 5.88 Å². The van der Waals surface area contributed by atoms with Crippen LogP contribution in [0.15, 0.2) is 30.7 Å². The molecule has 0 unspecified atom stereocenters. The lowest BCUT2D eigenvalue weighted by atomic mass is 10.2. The molecule has 0 radical (unpaired) electrons. The summed E-state index contributed by atoms with van der Waals surface area (Å²) in [5.74, 6) is 1.90. The molecule has 2 aromatic heterocycles. The van der Waals surface area contributed by atoms with Gasteiger partial charge in [0.2, 0.25) is 5.88 Å². The Bertz CT molecular complexity index is 953. The summed E-state index contributed by atoms with van der Waals surface area (Å²) < 4.78 is 7.75. The summed E-state index contributed by atoms with van der Waals surface area (Å²) in [5, 5.41) is 0.966. The Balaban J connectivity index is 1.25. The van der Waals surface area contributed by atoms with E-state index >= 15 is 0 Å². The van der Waals surface area contributed by atoms with Crippen LogP contribution in [0, 0.1) is 0 Å². The fraction of sp³-hybridized carbons (Fsp3) is 0.476. The first-order chi connectivity index (χ1) is 13.8. The maximum atomic E-state index is 5.40. The van der Waals surface area contributed by atoms with E-state index in [1.165, 1.54) is 30.0 Å². The Morgan fingerprint density at radius 2 is 1.93 bits per heavy atom. The Morgan fingerprint density at radius 1 is 1.04 bits per heavy atom. The topological polar surface area (TPSA) is 59.3 Å². The van der Waals surface area contributed by atoms with Crippen molar-refractivity contribution in [1.29, 1.82) is 0 Å². The molecule has 0 aliphatic carbocycles. The predicted molar refractivity (Wildman–Crippen MR) is 109 cm³/mol. The zero-order valence-electron chi connectivity index (χ0n) is 16.3. The van der Waals surface area contributed by atoms with Crippen molar-refractivity contribution in [2.45, 2.75) is 32.4 Å². The third-order valence-corrected chi connectivity index (χ3v) is 5.86. The number of ether oxygens (including phenoxy) is 1. The molecule has 0 saturated carbocycles. The van der Waals surface area contributed by atoms with Crippen molar-refractivity contribution in [1.82, 2.24) is 24.4 Å². The highest BCUT2D eigenvalue weighted by molar-refractivity contribution is 5.86. The van der Waals surface area contributed by atoms with Crippen LogP contribution in [0.3, 0.4) is 0 Å². The minimum atomic E-state index is 0.634. The molecule has 0 spiro atoms. The normalized spacial score (nSPS) is 17.7. The lowest BCUT2D eigenvalue weighted by Gasteiger charge is -2.35. The number of hydrogen-bond donors (Lipinski definition) is 0. The summed E-state index contributed by atoms with van der Waals surface area (Å²) in [6, 6.07) is 6.35. The largest absolute Gasteiger partial charge is 0.480 e. The number of fused-ring (bicyclic) bond motifs is 2. The van der Waals surface area contributed by atoms with E-state index in [0.717, 1.165) is 56.6 Å². The summed E-state index contributed by atoms with van der Waals surface area (Å²) in [5.41, 5.74) is 3.34. The average Bonchev–Trinajstić information content (AvgIpc) is 3.16. The van der Waals surface area contributed by atoms with Crippen LogP contribution in [0.5, 0.6) is 5.88 Å². The highest BCUT2D eigenvalue weighted by Gasteiger charge is 2.20. The zero-order valence-corrected chi connectivity index (χ0v) is 16.3. The first-order valence-corrected chi connectivity index (χ1v) is 10.1. The Labute approximate surface area is 165 Å². The quantitative estimate of drug-likeness (QED) is 0.695. The number of methoxy groups -OCH3 is 1. The first kappa shape index (κ1) is 17.4. The monoisotopic (exact) mass is 378 g/mol. The fourth-order valence-corrected chi connectivity index (χ4v) is 4.32. The van der Waals surface area contributed by atoms with E-state index in [-0.39, 0.29) is 0 Å². The van der Waals surface area contributed by atoms with Crippen LogP contribution in [0.4, 0.5) is 5.69 Å². The molecule has 5 rings (SSSR count). The molecule has 2 aliphatic heterocycles. The fourth-order valence-electron chi connectivity index (χ4n) is 4.32. The molecule has 28 heavy (non-hydrogen) atoms. The number of anilines is 1. The second-order valence-corrected chi connectivity index (χ2v) is 7.65. The third kappa shape index (κ3) is 3.30. The van der Waals surface area contributed by atoms with Gasteiger partial charge in [0, 0.05) is 57.6 Å². The van der Waals surface area contributed by atoms with Crippen LogP contribution in [-0.2, 0) is 19.5 Å². The van der Waals surface area contributed by atoms with Gasteiger partial charge in [0.25, 0.3) is 0 Å². The summed E-state index contributed by atoms with van der Waals surface area (Å²) in [7, 11) is 1.65. The first-order valence-electron chi connectivity index (χ1n) is 10.1. The molecule has 1 fully saturated rings. The van der Waals surface area contributed by atoms with Crippen molar-refractivity contribution < 1.29 is 4.74 Å². The lowest BCUT2D eigenvalue weighted by Crippen LogP contribution is -2.46. The predicted octanol–water partition coefficient (Wildman–Crippen LogP) is 2.49. The molecule has 0 atom stereocenters. The van der Waals surface area contributed by atoms with Gasteiger partial charge >= 0.3 is 0 Å². The molecular weight excluding hydrogens is 352 g/mol. The van der Waals surface area contributed by atoms with E-state index in [1.807, 2.05) is 0 Å². The number of rotatable bonds is 4. The molecule has 1 saturated heterocycles. The molecule has 1 aromatic carbocycles. The second-order valence-electron chi connectivity index (χ2n) is 7.65. The SMILES string of the molecule is COc1ncnc2ccc(N3CCN(Cc4cn5c(n4)CCCC5)CC3)cc12. The average molecular weight is 378 g/mol. The minimum Gasteiger partial charge on any atom is -0.480 e. The summed E-state index contributed by atoms with van der Waals surface area (Å²) >= 11 is 0. The summed E-state index contributed by atoms with van der Waals surface area (Å²) in [6.45, 7) is 6.19. The molecule has 7 heteroatoms. The van der Waals surface area contributed by atoms with Gasteiger partial charge in [-0.05, 0) is 31.0 Å². The number of hydrogen-bond acceptors (Lipinski definition) is 6. The number of imidazole rings is 1. The molecule has 3 aromatic rings. The van der Waals surface area contributed by atoms with Gasteiger partial charge in [0.05, 0.1) is 23.7 Å². The van der Waals surface area contributed by atoms with E-state index < -0.39 is 0 Å². The molecule has 7 nitrogen and oxygen atoms in total. The Morgan fingerprint density at radius 3 is 2.75 bits per heavy atom. The molecule has 0 amide bonds. The highest BCUT2D eigenvalue weighted by Crippen LogP contribution is 2.27. The molecule has 2 aliphatic rings. The van der Waals surface area contributed by atoms with Crippen molar-refractivity contribution in [2.24, 2.45) is 0 Å². The number of aryl methyl sites for hydroxylation is 2. The van der Waals surface area contributed by atoms with Crippen LogP contribution in [0.2, 0.25) is 0 Å². The number of aromatic nitrogens is 4. The van der Waals surface area contributed by atoms with Crippen molar-refractivity contribution in [2.75, 3.05) is 38.2 Å². The smallest absolute Gasteiger partial charge is 0.224 e. The molecular formula is C21H26N6O. The minimum absolute atomic E-state index is 0.634. The van der Waals surface area contributed by atoms with Crippen LogP contribution in [0.25, 0.3) is 10.9 Å². The van der Waals surface area contributed by atoms with Gasteiger partial charge in [0.15, 0.2) is 0 Å². The number of nitrogens with zero attached hydrogens (tertiary/aromatic N) is 6. The molecule has 4 heterocycles. The van der Waals surface area contributed by atoms with Gasteiger partial charge in [-0.25, -0.2) is 15.0 Å². The van der Waals surface area contributed by atoms with E-state index in [1.54, 1.807) is 13.4 Å². The van der Waals surface area contributed by atoms with E-state index in [0.29, 0.717) is 5.88 Å². The van der Waals surface area contributed by atoms with Gasteiger partial charge < -0.3 is 14.2 Å². The van der Waals surface area contributed by atoms with Crippen LogP contribution in [0.1, 0.15) is 24.4 Å². The van der Waals surface area contributed by atoms with E-state index in [2.05, 4.69) is 48.7 Å². The zero-order chi connectivity index (χ0) is 18.9. The molecule has 0 bridgehead atoms. The lowest BCUT2D eigenvalue weighted by molar-refractivity contribution is 0.247. The van der Waals surface area contributed by atoms with E-state index in [9.17, 15) is 0 Å². The van der Waals surface area contributed by atoms with Crippen LogP contribution in [-0.4, -0.2) is 57.7 Å². The molecule has 146 valence electrons. The maximum Gasteiger partial charge on any atom is 0.224 e. The van der Waals surface area contributed by atoms with Crippen molar-refractivity contribution >= 4 is 16.6 Å². The van der Waals surface area contributed by atoms with Gasteiger partial charge in [-0.2, -0.15) is 0 Å². The van der Waals surface area contributed by atoms with E-state index in [4.69, 9.17) is 9.72 Å². The summed E-state index contributed by atoms with van der Waals surface area (Å²) in [6.07, 6.45) is 7.49. The van der Waals surface area contributed by atoms with Crippen molar-refractivity contribution in [3.63, 3.8) is 0 Å². The Kier molecular flexibility index (Phi) is 4.60. The number of piperazine rings is 1. The Hall–Kier alpha value is -2.67. The summed E-state index contributed by atoms with van der Waals surface area (Å²) in [4.78, 5) is 18.4. The third-order valence-electron chi connectivity index (χ3n) is 5.86. The van der Waals surface area contributed by atoms with Gasteiger partial charge in [-0.15, -0.1) is 0 Å². The highest BCUT2D eigenvalue weighted by atomic mass is 16.5. The number of benzene rings is 1. The standard InChI is InChI=1S/C21H26N6O/c1-28-21-18-12-17(5-6-19(18)22-15-23-21)26-10-8-25(9-11-26)13-16-14-27-7-3-2-4-20(27)24-16/h5-6,12,14-15H,2-4,7-11,13H2,1H3. The second kappa shape index (κ2) is 7.39. The van der Waals surface area contributed by atoms with Crippen molar-refractivity contribution in [3.05, 3.63) is 42.2 Å². The van der Waals surface area contributed by atoms with Gasteiger partial charge in [0.1, 0.15) is 12.2 Å². The van der Waals surface area contributed by atoms with Crippen LogP contribution >= 0.6 is 0 Å². The van der Waals surface area contributed by atoms with Gasteiger partial charge in [-0.1, -0.05) is 0 Å². The van der Waals surface area contributed by atoms with Gasteiger partial charge in [-0.3, -0.25) is 4.90 Å². The maximum absolute atomic E-state index is 5.40. The van der Waals surface area contributed by atoms with Crippen LogP contribution < -0.4 is 9.64 Å². The molecule has 0 N–H and O–H groups in total.